The lowest BCUT2D eigenvalue weighted by molar-refractivity contribution is 0.306. The van der Waals surface area contributed by atoms with Gasteiger partial charge in [-0.1, -0.05) is 45.2 Å². The number of hydrogen-bond donors (Lipinski definition) is 0. The minimum Gasteiger partial charge on any atom is -0.497 e. The average molecular weight is 465 g/mol. The van der Waals surface area contributed by atoms with Crippen LogP contribution < -0.4 is 9.47 Å². The van der Waals surface area contributed by atoms with Crippen LogP contribution in [0.15, 0.2) is 70.1 Å². The van der Waals surface area contributed by atoms with Gasteiger partial charge in [-0.3, -0.25) is 4.99 Å². The van der Waals surface area contributed by atoms with E-state index in [1.165, 1.54) is 0 Å². The number of methoxy groups -OCH3 is 1. The van der Waals surface area contributed by atoms with E-state index in [1.807, 2.05) is 48.5 Å². The van der Waals surface area contributed by atoms with Crippen molar-refractivity contribution in [1.82, 2.24) is 0 Å². The molecule has 0 saturated carbocycles. The van der Waals surface area contributed by atoms with Crippen molar-refractivity contribution in [1.29, 1.82) is 0 Å². The quantitative estimate of drug-likeness (QED) is 0.364. The molecule has 3 rings (SSSR count). The number of nitrogens with zero attached hydrogens (tertiary/aromatic N) is 1. The fourth-order valence-corrected chi connectivity index (χ4v) is 3.20. The van der Waals surface area contributed by atoms with Gasteiger partial charge in [0, 0.05) is 31.9 Å². The molecule has 0 spiro atoms. The Bertz CT molecular complexity index is 959. The molecule has 0 radical (unpaired) electrons. The summed E-state index contributed by atoms with van der Waals surface area (Å²) in [5, 5.41) is 1.17. The fourth-order valence-electron chi connectivity index (χ4n) is 2.36. The van der Waals surface area contributed by atoms with Gasteiger partial charge >= 0.3 is 0 Å². The first-order valence-electron chi connectivity index (χ1n) is 8.09. The van der Waals surface area contributed by atoms with Gasteiger partial charge in [-0.25, -0.2) is 0 Å². The maximum Gasteiger partial charge on any atom is 0.128 e. The zero-order valence-corrected chi connectivity index (χ0v) is 17.6. The van der Waals surface area contributed by atoms with Crippen LogP contribution >= 0.6 is 39.1 Å². The third-order valence-electron chi connectivity index (χ3n) is 3.80. The van der Waals surface area contributed by atoms with Crippen LogP contribution in [-0.4, -0.2) is 13.3 Å². The minimum atomic E-state index is 0.334. The predicted molar refractivity (Wildman–Crippen MR) is 115 cm³/mol. The van der Waals surface area contributed by atoms with Crippen LogP contribution in [0.25, 0.3) is 0 Å². The third kappa shape index (κ3) is 5.48. The molecule has 0 fully saturated rings. The Morgan fingerprint density at radius 1 is 1.00 bits per heavy atom. The molecule has 0 heterocycles. The Morgan fingerprint density at radius 3 is 2.48 bits per heavy atom. The van der Waals surface area contributed by atoms with Crippen LogP contribution in [0.2, 0.25) is 10.0 Å². The molecular formula is C21H16BrCl2NO2. The highest BCUT2D eigenvalue weighted by atomic mass is 79.9. The summed E-state index contributed by atoms with van der Waals surface area (Å²) in [7, 11) is 1.64. The second-order valence-corrected chi connectivity index (χ2v) is 7.42. The fraction of sp³-hybridized carbons (Fsp3) is 0.0952. The van der Waals surface area contributed by atoms with Gasteiger partial charge in [0.2, 0.25) is 0 Å². The molecule has 0 aliphatic rings. The number of rotatable bonds is 6. The van der Waals surface area contributed by atoms with Crippen LogP contribution in [0.3, 0.4) is 0 Å². The van der Waals surface area contributed by atoms with E-state index >= 15 is 0 Å². The van der Waals surface area contributed by atoms with Gasteiger partial charge in [0.1, 0.15) is 18.1 Å². The summed E-state index contributed by atoms with van der Waals surface area (Å²) in [6.07, 6.45) is 1.77. The molecular weight excluding hydrogens is 449 g/mol. The summed E-state index contributed by atoms with van der Waals surface area (Å²) < 4.78 is 12.1. The standard InChI is InChI=1S/C21H16BrCl2NO2/c1-26-19-7-5-18(6-8-19)25-12-15-10-16(22)3-9-21(15)27-13-14-2-4-17(23)11-20(14)24/h2-12H,13H2,1H3. The largest absolute Gasteiger partial charge is 0.497 e. The summed E-state index contributed by atoms with van der Waals surface area (Å²) in [5.41, 5.74) is 2.54. The molecule has 0 N–H and O–H groups in total. The molecule has 0 atom stereocenters. The van der Waals surface area contributed by atoms with E-state index in [-0.39, 0.29) is 0 Å². The first-order valence-corrected chi connectivity index (χ1v) is 9.64. The summed E-state index contributed by atoms with van der Waals surface area (Å²) >= 11 is 15.6. The monoisotopic (exact) mass is 463 g/mol. The van der Waals surface area contributed by atoms with Crippen LogP contribution in [0.1, 0.15) is 11.1 Å². The van der Waals surface area contributed by atoms with Gasteiger partial charge < -0.3 is 9.47 Å². The van der Waals surface area contributed by atoms with E-state index in [0.717, 1.165) is 27.0 Å². The van der Waals surface area contributed by atoms with Gasteiger partial charge in [-0.2, -0.15) is 0 Å². The van der Waals surface area contributed by atoms with Gasteiger partial charge in [0.05, 0.1) is 12.8 Å². The Hall–Kier alpha value is -2.01. The van der Waals surface area contributed by atoms with Crippen molar-refractivity contribution in [3.8, 4) is 11.5 Å². The number of ether oxygens (including phenoxy) is 2. The van der Waals surface area contributed by atoms with E-state index in [2.05, 4.69) is 20.9 Å². The van der Waals surface area contributed by atoms with E-state index in [4.69, 9.17) is 32.7 Å². The summed E-state index contributed by atoms with van der Waals surface area (Å²) in [6, 6.07) is 18.6. The molecule has 3 aromatic rings. The van der Waals surface area contributed by atoms with Crippen molar-refractivity contribution in [2.24, 2.45) is 4.99 Å². The van der Waals surface area contributed by atoms with Crippen molar-refractivity contribution in [2.45, 2.75) is 6.61 Å². The molecule has 0 aliphatic heterocycles. The predicted octanol–water partition coefficient (Wildman–Crippen LogP) is 7.09. The lowest BCUT2D eigenvalue weighted by atomic mass is 10.2. The molecule has 0 saturated heterocycles. The Balaban J connectivity index is 1.78. The van der Waals surface area contributed by atoms with Crippen molar-refractivity contribution >= 4 is 51.0 Å². The molecule has 0 amide bonds. The van der Waals surface area contributed by atoms with Crippen molar-refractivity contribution in [3.05, 3.63) is 86.3 Å². The molecule has 3 aromatic carbocycles. The highest BCUT2D eigenvalue weighted by Gasteiger charge is 2.06. The normalized spacial score (nSPS) is 11.0. The van der Waals surface area contributed by atoms with Crippen LogP contribution in [0.5, 0.6) is 11.5 Å². The van der Waals surface area contributed by atoms with Gasteiger partial charge in [-0.15, -0.1) is 0 Å². The number of benzene rings is 3. The zero-order chi connectivity index (χ0) is 19.2. The molecule has 0 aliphatic carbocycles. The molecule has 0 unspecified atom stereocenters. The topological polar surface area (TPSA) is 30.8 Å². The lowest BCUT2D eigenvalue weighted by Gasteiger charge is -2.11. The molecule has 3 nitrogen and oxygen atoms in total. The molecule has 0 aromatic heterocycles. The third-order valence-corrected chi connectivity index (χ3v) is 4.88. The van der Waals surface area contributed by atoms with E-state index in [1.54, 1.807) is 25.5 Å². The number of hydrogen-bond acceptors (Lipinski definition) is 3. The van der Waals surface area contributed by atoms with Crippen LogP contribution in [0, 0.1) is 0 Å². The van der Waals surface area contributed by atoms with Crippen LogP contribution in [-0.2, 0) is 6.61 Å². The smallest absolute Gasteiger partial charge is 0.128 e. The lowest BCUT2D eigenvalue weighted by Crippen LogP contribution is -1.99. The van der Waals surface area contributed by atoms with Crippen molar-refractivity contribution < 1.29 is 9.47 Å². The van der Waals surface area contributed by atoms with Crippen LogP contribution in [0.4, 0.5) is 5.69 Å². The SMILES string of the molecule is COc1ccc(N=Cc2cc(Br)ccc2OCc2ccc(Cl)cc2Cl)cc1. The minimum absolute atomic E-state index is 0.334. The van der Waals surface area contributed by atoms with E-state index in [0.29, 0.717) is 22.4 Å². The number of halogens is 3. The highest BCUT2D eigenvalue weighted by molar-refractivity contribution is 9.10. The molecule has 0 bridgehead atoms. The maximum atomic E-state index is 6.22. The molecule has 27 heavy (non-hydrogen) atoms. The second kappa shape index (κ2) is 9.27. The average Bonchev–Trinajstić information content (AvgIpc) is 2.67. The Labute approximate surface area is 176 Å². The van der Waals surface area contributed by atoms with Gasteiger partial charge in [0.25, 0.3) is 0 Å². The summed E-state index contributed by atoms with van der Waals surface area (Å²) in [5.74, 6) is 1.50. The summed E-state index contributed by atoms with van der Waals surface area (Å²) in [6.45, 7) is 0.334. The summed E-state index contributed by atoms with van der Waals surface area (Å²) in [4.78, 5) is 4.51. The Kier molecular flexibility index (Phi) is 6.78. The van der Waals surface area contributed by atoms with Crippen molar-refractivity contribution in [3.63, 3.8) is 0 Å². The van der Waals surface area contributed by atoms with E-state index < -0.39 is 0 Å². The first-order chi connectivity index (χ1) is 13.0. The zero-order valence-electron chi connectivity index (χ0n) is 14.5. The highest BCUT2D eigenvalue weighted by Crippen LogP contribution is 2.26. The second-order valence-electron chi connectivity index (χ2n) is 5.66. The molecule has 138 valence electrons. The van der Waals surface area contributed by atoms with Gasteiger partial charge in [-0.05, 0) is 54.6 Å². The molecule has 6 heteroatoms. The van der Waals surface area contributed by atoms with E-state index in [9.17, 15) is 0 Å². The van der Waals surface area contributed by atoms with Crippen molar-refractivity contribution in [2.75, 3.05) is 7.11 Å². The Morgan fingerprint density at radius 2 is 1.78 bits per heavy atom. The van der Waals surface area contributed by atoms with Gasteiger partial charge in [0.15, 0.2) is 0 Å². The first kappa shape index (κ1) is 19.7. The number of aliphatic imine (C=N–C) groups is 1. The maximum absolute atomic E-state index is 6.22.